The third-order valence-corrected chi connectivity index (χ3v) is 3.77. The van der Waals surface area contributed by atoms with Crippen molar-refractivity contribution in [3.63, 3.8) is 0 Å². The highest BCUT2D eigenvalue weighted by molar-refractivity contribution is 6.04. The Labute approximate surface area is 123 Å². The molecule has 1 fully saturated rings. The molecule has 2 aromatic heterocycles. The quantitative estimate of drug-likeness (QED) is 0.906. The summed E-state index contributed by atoms with van der Waals surface area (Å²) in [4.78, 5) is 17.9. The molecule has 0 atom stereocenters. The summed E-state index contributed by atoms with van der Waals surface area (Å²) >= 11 is 0. The largest absolute Gasteiger partial charge is 0.317 e. The first-order valence-corrected chi connectivity index (χ1v) is 7.06. The van der Waals surface area contributed by atoms with Crippen LogP contribution in [0.2, 0.25) is 0 Å². The second kappa shape index (κ2) is 6.01. The molecular formula is C14H18N6O. The van der Waals surface area contributed by atoms with E-state index in [0.717, 1.165) is 31.6 Å². The number of carbonyl (C=O) groups is 1. The van der Waals surface area contributed by atoms with E-state index in [4.69, 9.17) is 0 Å². The summed E-state index contributed by atoms with van der Waals surface area (Å²) in [6, 6.07) is 3.90. The van der Waals surface area contributed by atoms with E-state index in [1.165, 1.54) is 0 Å². The molecule has 3 rings (SSSR count). The van der Waals surface area contributed by atoms with Gasteiger partial charge in [0.1, 0.15) is 0 Å². The number of amides is 1. The van der Waals surface area contributed by atoms with E-state index in [1.54, 1.807) is 42.7 Å². The summed E-state index contributed by atoms with van der Waals surface area (Å²) in [5.41, 5.74) is 1.15. The zero-order valence-electron chi connectivity index (χ0n) is 11.9. The fourth-order valence-electron chi connectivity index (χ4n) is 2.48. The first-order valence-electron chi connectivity index (χ1n) is 7.06. The highest BCUT2D eigenvalue weighted by atomic mass is 16.2. The first kappa shape index (κ1) is 13.7. The van der Waals surface area contributed by atoms with Gasteiger partial charge in [-0.1, -0.05) is 5.21 Å². The van der Waals surface area contributed by atoms with Crippen molar-refractivity contribution in [3.8, 4) is 0 Å². The van der Waals surface area contributed by atoms with Crippen LogP contribution >= 0.6 is 0 Å². The maximum Gasteiger partial charge on any atom is 0.280 e. The first-order chi connectivity index (χ1) is 10.3. The molecule has 0 spiro atoms. The van der Waals surface area contributed by atoms with Crippen molar-refractivity contribution < 1.29 is 4.79 Å². The molecule has 21 heavy (non-hydrogen) atoms. The Morgan fingerprint density at radius 2 is 2.05 bits per heavy atom. The Hall–Kier alpha value is -2.28. The molecule has 3 heterocycles. The van der Waals surface area contributed by atoms with Gasteiger partial charge in [0.05, 0.1) is 12.2 Å². The number of carbonyl (C=O) groups excluding carboxylic acids is 1. The monoisotopic (exact) mass is 286 g/mol. The highest BCUT2D eigenvalue weighted by Crippen LogP contribution is 2.18. The van der Waals surface area contributed by atoms with Gasteiger partial charge in [-0.15, -0.1) is 5.10 Å². The molecule has 7 heteroatoms. The summed E-state index contributed by atoms with van der Waals surface area (Å²) < 4.78 is 1.81. The molecule has 110 valence electrons. The van der Waals surface area contributed by atoms with Crippen molar-refractivity contribution >= 4 is 11.6 Å². The smallest absolute Gasteiger partial charge is 0.280 e. The average Bonchev–Trinajstić information content (AvgIpc) is 3.05. The van der Waals surface area contributed by atoms with Crippen molar-refractivity contribution in [2.75, 3.05) is 25.0 Å². The molecule has 0 aliphatic carbocycles. The minimum absolute atomic E-state index is 0.165. The average molecular weight is 286 g/mol. The molecule has 0 bridgehead atoms. The molecule has 1 saturated heterocycles. The Balaban J connectivity index is 1.74. The van der Waals surface area contributed by atoms with Crippen molar-refractivity contribution in [2.24, 2.45) is 0 Å². The molecule has 0 aromatic carbocycles. The van der Waals surface area contributed by atoms with Crippen LogP contribution < -0.4 is 10.2 Å². The van der Waals surface area contributed by atoms with Gasteiger partial charge in [0, 0.05) is 25.1 Å². The van der Waals surface area contributed by atoms with Crippen LogP contribution in [0.15, 0.2) is 30.7 Å². The van der Waals surface area contributed by atoms with Crippen LogP contribution in [0.1, 0.15) is 29.4 Å². The number of piperidine rings is 1. The van der Waals surface area contributed by atoms with Crippen molar-refractivity contribution in [1.29, 1.82) is 0 Å². The lowest BCUT2D eigenvalue weighted by atomic mass is 10.1. The number of nitrogens with one attached hydrogen (secondary N) is 1. The summed E-state index contributed by atoms with van der Waals surface area (Å²) in [6.45, 7) is 1.95. The Bertz CT molecular complexity index is 605. The molecule has 0 saturated carbocycles. The normalized spacial score (nSPS) is 15.9. The molecule has 0 radical (unpaired) electrons. The Morgan fingerprint density at radius 3 is 2.76 bits per heavy atom. The van der Waals surface area contributed by atoms with E-state index in [-0.39, 0.29) is 5.91 Å². The fraction of sp³-hybridized carbons (Fsp3) is 0.429. The van der Waals surface area contributed by atoms with Gasteiger partial charge in [0.25, 0.3) is 5.91 Å². The van der Waals surface area contributed by atoms with Crippen molar-refractivity contribution in [1.82, 2.24) is 25.3 Å². The zero-order valence-corrected chi connectivity index (χ0v) is 11.9. The predicted octanol–water partition coefficient (Wildman–Crippen LogP) is 0.874. The molecule has 1 amide bonds. The fourth-order valence-corrected chi connectivity index (χ4v) is 2.48. The summed E-state index contributed by atoms with van der Waals surface area (Å²) in [5, 5.41) is 11.5. The molecule has 0 unspecified atom stereocenters. The topological polar surface area (TPSA) is 75.9 Å². The number of anilines is 1. The van der Waals surface area contributed by atoms with Crippen molar-refractivity contribution in [3.05, 3.63) is 36.4 Å². The van der Waals surface area contributed by atoms with E-state index in [2.05, 4.69) is 20.6 Å². The minimum atomic E-state index is -0.165. The van der Waals surface area contributed by atoms with E-state index in [0.29, 0.717) is 11.7 Å². The molecule has 1 aliphatic heterocycles. The SMILES string of the molecule is CN(C(=O)c1cn(C2CCNCC2)nn1)c1ccncc1. The number of pyridine rings is 1. The van der Waals surface area contributed by atoms with E-state index in [1.807, 2.05) is 4.68 Å². The van der Waals surface area contributed by atoms with Gasteiger partial charge in [-0.25, -0.2) is 4.68 Å². The lowest BCUT2D eigenvalue weighted by Crippen LogP contribution is -2.29. The van der Waals surface area contributed by atoms with Crippen LogP contribution in [0.4, 0.5) is 5.69 Å². The molecule has 7 nitrogen and oxygen atoms in total. The third-order valence-electron chi connectivity index (χ3n) is 3.77. The van der Waals surface area contributed by atoms with Crippen LogP contribution in [-0.2, 0) is 0 Å². The van der Waals surface area contributed by atoms with Crippen LogP contribution in [0.25, 0.3) is 0 Å². The van der Waals surface area contributed by atoms with Gasteiger partial charge in [-0.3, -0.25) is 9.78 Å². The van der Waals surface area contributed by atoms with Crippen LogP contribution in [0.3, 0.4) is 0 Å². The lowest BCUT2D eigenvalue weighted by Gasteiger charge is -2.22. The van der Waals surface area contributed by atoms with Gasteiger partial charge >= 0.3 is 0 Å². The minimum Gasteiger partial charge on any atom is -0.317 e. The summed E-state index contributed by atoms with van der Waals surface area (Å²) in [5.74, 6) is -0.165. The highest BCUT2D eigenvalue weighted by Gasteiger charge is 2.21. The van der Waals surface area contributed by atoms with Crippen LogP contribution in [-0.4, -0.2) is 46.0 Å². The second-order valence-corrected chi connectivity index (χ2v) is 5.13. The second-order valence-electron chi connectivity index (χ2n) is 5.13. The maximum atomic E-state index is 12.4. The zero-order chi connectivity index (χ0) is 14.7. The van der Waals surface area contributed by atoms with E-state index < -0.39 is 0 Å². The van der Waals surface area contributed by atoms with Crippen molar-refractivity contribution in [2.45, 2.75) is 18.9 Å². The van der Waals surface area contributed by atoms with Gasteiger partial charge < -0.3 is 10.2 Å². The Morgan fingerprint density at radius 1 is 1.33 bits per heavy atom. The standard InChI is InChI=1S/C14H18N6O/c1-19(11-2-6-15-7-3-11)14(21)13-10-20(18-17-13)12-4-8-16-9-5-12/h2-3,6-7,10,12,16H,4-5,8-9H2,1H3. The number of hydrogen-bond acceptors (Lipinski definition) is 5. The summed E-state index contributed by atoms with van der Waals surface area (Å²) in [7, 11) is 1.72. The number of hydrogen-bond donors (Lipinski definition) is 1. The van der Waals surface area contributed by atoms with Gasteiger partial charge in [0.2, 0.25) is 0 Å². The van der Waals surface area contributed by atoms with E-state index >= 15 is 0 Å². The molecule has 1 aliphatic rings. The molecule has 1 N–H and O–H groups in total. The lowest BCUT2D eigenvalue weighted by molar-refractivity contribution is 0.0988. The number of aromatic nitrogens is 4. The van der Waals surface area contributed by atoms with Gasteiger partial charge in [0.15, 0.2) is 5.69 Å². The predicted molar refractivity (Wildman–Crippen MR) is 78.1 cm³/mol. The maximum absolute atomic E-state index is 12.4. The molecule has 2 aromatic rings. The number of nitrogens with zero attached hydrogens (tertiary/aromatic N) is 5. The Kier molecular flexibility index (Phi) is 3.92. The van der Waals surface area contributed by atoms with Gasteiger partial charge in [-0.2, -0.15) is 0 Å². The third kappa shape index (κ3) is 2.92. The summed E-state index contributed by atoms with van der Waals surface area (Å²) in [6.07, 6.45) is 7.08. The number of rotatable bonds is 3. The van der Waals surface area contributed by atoms with Crippen LogP contribution in [0.5, 0.6) is 0 Å². The molecular weight excluding hydrogens is 268 g/mol. The van der Waals surface area contributed by atoms with E-state index in [9.17, 15) is 4.79 Å². The van der Waals surface area contributed by atoms with Crippen LogP contribution in [0, 0.1) is 0 Å². The van der Waals surface area contributed by atoms with Gasteiger partial charge in [-0.05, 0) is 38.1 Å².